The van der Waals surface area contributed by atoms with Crippen LogP contribution in [0.3, 0.4) is 0 Å². The number of carbonyl (C=O) groups is 1. The minimum atomic E-state index is -0.513. The fourth-order valence-corrected chi connectivity index (χ4v) is 4.03. The Hall–Kier alpha value is -4.29. The van der Waals surface area contributed by atoms with Gasteiger partial charge < -0.3 is 10.5 Å². The van der Waals surface area contributed by atoms with Gasteiger partial charge in [-0.25, -0.2) is 10.1 Å². The topological polar surface area (TPSA) is 150 Å². The first-order valence-corrected chi connectivity index (χ1v) is 12.0. The third-order valence-corrected chi connectivity index (χ3v) is 6.05. The summed E-state index contributed by atoms with van der Waals surface area (Å²) in [5.41, 5.74) is 10.8. The van der Waals surface area contributed by atoms with Gasteiger partial charge in [0.2, 0.25) is 11.6 Å². The number of aromatic nitrogens is 5. The van der Waals surface area contributed by atoms with Crippen LogP contribution in [0, 0.1) is 0 Å². The standard InChI is InChI=1S/C24H24ClN9O3/c25-18-7-3-17(4-8-18)15-36-19-9-5-16(6-10-19)13-27-29-24(35)21-20(14-33-11-1-2-12-33)28-32-34(21)23-22(26)30-37-31-23/h3-10,13H,1-2,11-12,14-15H2,(H2,26,30)(H,29,35). The minimum absolute atomic E-state index is 0.00598. The second-order valence-corrected chi connectivity index (χ2v) is 8.87. The van der Waals surface area contributed by atoms with Crippen molar-refractivity contribution in [2.24, 2.45) is 5.10 Å². The lowest BCUT2D eigenvalue weighted by molar-refractivity contribution is 0.0945. The zero-order chi connectivity index (χ0) is 25.6. The van der Waals surface area contributed by atoms with E-state index in [1.165, 1.54) is 10.9 Å². The van der Waals surface area contributed by atoms with Crippen molar-refractivity contribution in [2.45, 2.75) is 26.0 Å². The molecule has 1 aliphatic rings. The number of hydrogen-bond donors (Lipinski definition) is 2. The normalized spacial score (nSPS) is 13.9. The van der Waals surface area contributed by atoms with Crippen molar-refractivity contribution in [2.75, 3.05) is 18.8 Å². The summed E-state index contributed by atoms with van der Waals surface area (Å²) >= 11 is 5.91. The molecule has 0 aliphatic carbocycles. The van der Waals surface area contributed by atoms with Gasteiger partial charge in [-0.3, -0.25) is 9.69 Å². The second kappa shape index (κ2) is 11.2. The first-order chi connectivity index (χ1) is 18.1. The quantitative estimate of drug-likeness (QED) is 0.250. The van der Waals surface area contributed by atoms with E-state index in [0.717, 1.165) is 37.1 Å². The molecule has 0 saturated carbocycles. The predicted octanol–water partition coefficient (Wildman–Crippen LogP) is 2.82. The Bertz CT molecular complexity index is 1380. The number of benzene rings is 2. The van der Waals surface area contributed by atoms with Crippen LogP contribution in [0.2, 0.25) is 5.02 Å². The van der Waals surface area contributed by atoms with Gasteiger partial charge in [0, 0.05) is 11.6 Å². The van der Waals surface area contributed by atoms with Crippen LogP contribution < -0.4 is 15.9 Å². The molecule has 1 fully saturated rings. The number of halogens is 1. The molecule has 12 nitrogen and oxygen atoms in total. The fraction of sp³-hybridized carbons (Fsp3) is 0.250. The molecule has 1 aliphatic heterocycles. The van der Waals surface area contributed by atoms with E-state index >= 15 is 0 Å². The van der Waals surface area contributed by atoms with Crippen LogP contribution in [0.5, 0.6) is 5.75 Å². The molecule has 190 valence electrons. The van der Waals surface area contributed by atoms with Crippen LogP contribution in [0.15, 0.2) is 58.3 Å². The van der Waals surface area contributed by atoms with Gasteiger partial charge in [0.1, 0.15) is 18.1 Å². The van der Waals surface area contributed by atoms with Gasteiger partial charge in [-0.2, -0.15) is 9.78 Å². The van der Waals surface area contributed by atoms with Gasteiger partial charge >= 0.3 is 0 Å². The van der Waals surface area contributed by atoms with Crippen molar-refractivity contribution >= 4 is 29.5 Å². The molecular weight excluding hydrogens is 498 g/mol. The summed E-state index contributed by atoms with van der Waals surface area (Å²) < 4.78 is 11.7. The maximum atomic E-state index is 13.1. The minimum Gasteiger partial charge on any atom is -0.489 e. The number of hydrogen-bond acceptors (Lipinski definition) is 10. The highest BCUT2D eigenvalue weighted by Gasteiger charge is 2.26. The molecule has 0 bridgehead atoms. The molecule has 1 amide bonds. The van der Waals surface area contributed by atoms with Gasteiger partial charge in [-0.15, -0.1) is 5.10 Å². The molecule has 4 aromatic rings. The van der Waals surface area contributed by atoms with Crippen molar-refractivity contribution in [1.82, 2.24) is 35.6 Å². The first kappa shape index (κ1) is 24.4. The molecule has 0 spiro atoms. The van der Waals surface area contributed by atoms with Crippen LogP contribution in [-0.4, -0.2) is 55.4 Å². The number of rotatable bonds is 9. The number of nitrogens with two attached hydrogens (primary N) is 1. The molecule has 3 heterocycles. The third-order valence-electron chi connectivity index (χ3n) is 5.80. The number of likely N-dealkylation sites (tertiary alicyclic amines) is 1. The van der Waals surface area contributed by atoms with Crippen molar-refractivity contribution in [3.8, 4) is 11.6 Å². The number of ether oxygens (including phenoxy) is 1. The Morgan fingerprint density at radius 3 is 2.59 bits per heavy atom. The summed E-state index contributed by atoms with van der Waals surface area (Å²) in [6, 6.07) is 14.8. The van der Waals surface area contributed by atoms with Gasteiger partial charge in [-0.1, -0.05) is 28.9 Å². The number of anilines is 1. The lowest BCUT2D eigenvalue weighted by Gasteiger charge is -2.13. The molecule has 0 radical (unpaired) electrons. The first-order valence-electron chi connectivity index (χ1n) is 11.6. The van der Waals surface area contributed by atoms with E-state index in [9.17, 15) is 4.79 Å². The lowest BCUT2D eigenvalue weighted by atomic mass is 10.2. The predicted molar refractivity (Wildman–Crippen MR) is 135 cm³/mol. The highest BCUT2D eigenvalue weighted by molar-refractivity contribution is 6.30. The third kappa shape index (κ3) is 5.93. The molecule has 1 saturated heterocycles. The largest absolute Gasteiger partial charge is 0.489 e. The molecule has 13 heteroatoms. The van der Waals surface area contributed by atoms with Crippen molar-refractivity contribution in [3.05, 3.63) is 76.1 Å². The van der Waals surface area contributed by atoms with Crippen LogP contribution in [0.25, 0.3) is 5.82 Å². The highest BCUT2D eigenvalue weighted by atomic mass is 35.5. The van der Waals surface area contributed by atoms with E-state index in [1.807, 2.05) is 48.5 Å². The maximum Gasteiger partial charge on any atom is 0.292 e. The average Bonchev–Trinajstić information content (AvgIpc) is 3.66. The summed E-state index contributed by atoms with van der Waals surface area (Å²) in [6.45, 7) is 2.75. The number of amides is 1. The number of nitrogen functional groups attached to an aromatic ring is 1. The molecule has 37 heavy (non-hydrogen) atoms. The van der Waals surface area contributed by atoms with Crippen molar-refractivity contribution in [1.29, 1.82) is 0 Å². The Morgan fingerprint density at radius 1 is 1.14 bits per heavy atom. The molecule has 0 unspecified atom stereocenters. The fourth-order valence-electron chi connectivity index (χ4n) is 3.90. The summed E-state index contributed by atoms with van der Waals surface area (Å²) in [4.78, 5) is 15.3. The molecule has 3 N–H and O–H groups in total. The Labute approximate surface area is 217 Å². The smallest absolute Gasteiger partial charge is 0.292 e. The van der Waals surface area contributed by atoms with Crippen LogP contribution >= 0.6 is 11.6 Å². The zero-order valence-corrected chi connectivity index (χ0v) is 20.5. The monoisotopic (exact) mass is 521 g/mol. The van der Waals surface area contributed by atoms with Gasteiger partial charge in [0.15, 0.2) is 5.69 Å². The molecule has 2 aromatic carbocycles. The number of hydrazone groups is 1. The zero-order valence-electron chi connectivity index (χ0n) is 19.7. The van der Waals surface area contributed by atoms with Crippen LogP contribution in [0.4, 0.5) is 5.82 Å². The van der Waals surface area contributed by atoms with Gasteiger partial charge in [0.05, 0.1) is 6.21 Å². The maximum absolute atomic E-state index is 13.1. The van der Waals surface area contributed by atoms with E-state index in [0.29, 0.717) is 29.6 Å². The number of carbonyl (C=O) groups excluding carboxylic acids is 1. The van der Waals surface area contributed by atoms with Crippen LogP contribution in [0.1, 0.15) is 40.2 Å². The lowest BCUT2D eigenvalue weighted by Crippen LogP contribution is -2.26. The summed E-state index contributed by atoms with van der Waals surface area (Å²) in [5.74, 6) is 0.272. The number of nitrogens with zero attached hydrogens (tertiary/aromatic N) is 7. The summed E-state index contributed by atoms with van der Waals surface area (Å²) in [7, 11) is 0. The van der Waals surface area contributed by atoms with Gasteiger partial charge in [0.25, 0.3) is 5.91 Å². The molecular formula is C24H24ClN9O3. The molecule has 5 rings (SSSR count). The highest BCUT2D eigenvalue weighted by Crippen LogP contribution is 2.19. The Morgan fingerprint density at radius 2 is 1.89 bits per heavy atom. The van der Waals surface area contributed by atoms with Crippen molar-refractivity contribution in [3.63, 3.8) is 0 Å². The van der Waals surface area contributed by atoms with Crippen LogP contribution in [-0.2, 0) is 13.2 Å². The molecule has 0 atom stereocenters. The van der Waals surface area contributed by atoms with E-state index in [4.69, 9.17) is 22.1 Å². The van der Waals surface area contributed by atoms with E-state index in [2.05, 4.69) is 40.7 Å². The summed E-state index contributed by atoms with van der Waals surface area (Å²) in [6.07, 6.45) is 3.73. The average molecular weight is 522 g/mol. The number of nitrogens with one attached hydrogen (secondary N) is 1. The van der Waals surface area contributed by atoms with E-state index in [-0.39, 0.29) is 17.3 Å². The van der Waals surface area contributed by atoms with E-state index < -0.39 is 5.91 Å². The second-order valence-electron chi connectivity index (χ2n) is 8.44. The van der Waals surface area contributed by atoms with Gasteiger partial charge in [-0.05, 0) is 83.8 Å². The molecule has 2 aromatic heterocycles. The SMILES string of the molecule is Nc1nonc1-n1nnc(CN2CCCC2)c1C(=O)NN=Cc1ccc(OCc2ccc(Cl)cc2)cc1. The van der Waals surface area contributed by atoms with E-state index in [1.54, 1.807) is 0 Å². The Balaban J connectivity index is 1.24. The summed E-state index contributed by atoms with van der Waals surface area (Å²) in [5, 5.41) is 20.3. The van der Waals surface area contributed by atoms with Crippen molar-refractivity contribution < 1.29 is 14.2 Å². The Kier molecular flexibility index (Phi) is 7.38.